The fourth-order valence-corrected chi connectivity index (χ4v) is 4.29. The quantitative estimate of drug-likeness (QED) is 0.0973. The predicted octanol–water partition coefficient (Wildman–Crippen LogP) is -4.20. The number of anilines is 2. The first-order chi connectivity index (χ1) is 22.2. The van der Waals surface area contributed by atoms with E-state index in [0.717, 1.165) is 17.2 Å². The van der Waals surface area contributed by atoms with Crippen molar-refractivity contribution in [3.63, 3.8) is 0 Å². The first-order valence-electron chi connectivity index (χ1n) is 13.0. The summed E-state index contributed by atoms with van der Waals surface area (Å²) in [5, 5.41) is 56.4. The third-order valence-electron chi connectivity index (χ3n) is 6.09. The van der Waals surface area contributed by atoms with Gasteiger partial charge in [0.15, 0.2) is 23.1 Å². The number of oxazole rings is 1. The molecule has 17 nitrogen and oxygen atoms in total. The molecule has 4 rings (SSSR count). The van der Waals surface area contributed by atoms with Crippen LogP contribution in [0.3, 0.4) is 0 Å². The van der Waals surface area contributed by atoms with Crippen molar-refractivity contribution in [1.82, 2.24) is 4.98 Å². The number of hydrogen-bond acceptors (Lipinski definition) is 17. The Hall–Kier alpha value is -6.40. The Morgan fingerprint density at radius 3 is 1.87 bits per heavy atom. The molecule has 47 heavy (non-hydrogen) atoms. The highest BCUT2D eigenvalue weighted by atomic mass is 19.2. The standard InChI is InChI=1S/C28H23F2N3O14/c29-14-1-2-15(32(9-21(34)35)10-22(36)37)26(25(14)30)45-4-3-44-18-5-13-6-19(27-31-8-20(47-27)28(42)43)46-17(13)7-16(18)33(11-23(38)39)12-24(40)41/h1-2,5-8H,3-4,9-12H2,(H,34,35)(H,36,37)(H,38,39)(H,40,41)(H,42,43)/p-5. The molecule has 0 amide bonds. The number of halogens is 2. The SMILES string of the molecule is O=C([O-])CN(CC(=O)[O-])c1cc2oc(-c3ncc(C(=O)[O-])o3)cc2cc1OCCOc1c(N(CC(=O)[O-])CC(=O)[O-])ccc(F)c1F. The highest BCUT2D eigenvalue weighted by molar-refractivity contribution is 5.90. The monoisotopic (exact) mass is 658 g/mol. The van der Waals surface area contributed by atoms with E-state index in [1.807, 2.05) is 0 Å². The molecular formula is C28H18F2N3O14-5. The molecule has 0 N–H and O–H groups in total. The summed E-state index contributed by atoms with van der Waals surface area (Å²) < 4.78 is 50.4. The minimum Gasteiger partial charge on any atom is -0.548 e. The summed E-state index contributed by atoms with van der Waals surface area (Å²) in [5.74, 6) is -13.6. The molecule has 248 valence electrons. The number of carbonyl (C=O) groups excluding carboxylic acids is 5. The van der Waals surface area contributed by atoms with Gasteiger partial charge in [0.05, 0.1) is 67.6 Å². The largest absolute Gasteiger partial charge is 0.548 e. The molecule has 0 aliphatic carbocycles. The van der Waals surface area contributed by atoms with Crippen LogP contribution in [-0.4, -0.2) is 74.2 Å². The van der Waals surface area contributed by atoms with Crippen LogP contribution in [0.5, 0.6) is 11.5 Å². The summed E-state index contributed by atoms with van der Waals surface area (Å²) in [6.45, 7) is -5.21. The van der Waals surface area contributed by atoms with E-state index < -0.39 is 98.1 Å². The molecule has 0 aliphatic rings. The van der Waals surface area contributed by atoms with Crippen molar-refractivity contribution in [1.29, 1.82) is 0 Å². The molecule has 2 heterocycles. The van der Waals surface area contributed by atoms with Gasteiger partial charge in [-0.05, 0) is 24.3 Å². The van der Waals surface area contributed by atoms with Crippen molar-refractivity contribution in [3.05, 3.63) is 53.9 Å². The molecule has 0 fully saturated rings. The van der Waals surface area contributed by atoms with E-state index in [1.54, 1.807) is 0 Å². The van der Waals surface area contributed by atoms with Gasteiger partial charge in [-0.1, -0.05) is 0 Å². The van der Waals surface area contributed by atoms with Crippen LogP contribution in [0.4, 0.5) is 20.2 Å². The third kappa shape index (κ3) is 8.21. The van der Waals surface area contributed by atoms with Crippen LogP contribution in [0.2, 0.25) is 0 Å². The molecular weight excluding hydrogens is 640 g/mol. The number of hydrogen-bond donors (Lipinski definition) is 0. The molecule has 2 aromatic carbocycles. The number of carbonyl (C=O) groups is 5. The lowest BCUT2D eigenvalue weighted by Gasteiger charge is -2.28. The maximum absolute atomic E-state index is 14.7. The van der Waals surface area contributed by atoms with Gasteiger partial charge in [0.25, 0.3) is 5.89 Å². The van der Waals surface area contributed by atoms with E-state index in [1.165, 1.54) is 18.2 Å². The number of nitrogens with zero attached hydrogens (tertiary/aromatic N) is 3. The van der Waals surface area contributed by atoms with Gasteiger partial charge in [-0.25, -0.2) is 9.37 Å². The Bertz CT molecular complexity index is 1820. The number of fused-ring (bicyclic) bond motifs is 1. The predicted molar refractivity (Wildman–Crippen MR) is 138 cm³/mol. The summed E-state index contributed by atoms with van der Waals surface area (Å²) in [6, 6.07) is 5.23. The molecule has 0 aliphatic heterocycles. The minimum atomic E-state index is -1.75. The Balaban J connectivity index is 1.66. The molecule has 0 atom stereocenters. The zero-order valence-corrected chi connectivity index (χ0v) is 23.5. The molecule has 0 saturated heterocycles. The summed E-state index contributed by atoms with van der Waals surface area (Å²) in [4.78, 5) is 61.3. The lowest BCUT2D eigenvalue weighted by atomic mass is 10.2. The molecule has 4 aromatic rings. The molecule has 0 saturated carbocycles. The van der Waals surface area contributed by atoms with Crippen molar-refractivity contribution in [2.45, 2.75) is 0 Å². The zero-order valence-electron chi connectivity index (χ0n) is 23.5. The van der Waals surface area contributed by atoms with E-state index in [2.05, 4.69) is 4.98 Å². The molecule has 0 unspecified atom stereocenters. The van der Waals surface area contributed by atoms with Crippen LogP contribution >= 0.6 is 0 Å². The smallest absolute Gasteiger partial charge is 0.263 e. The van der Waals surface area contributed by atoms with Gasteiger partial charge in [-0.15, -0.1) is 0 Å². The van der Waals surface area contributed by atoms with Crippen LogP contribution in [0.25, 0.3) is 22.6 Å². The third-order valence-corrected chi connectivity index (χ3v) is 6.09. The molecule has 19 heteroatoms. The Labute approximate surface area is 260 Å². The van der Waals surface area contributed by atoms with Crippen LogP contribution in [0, 0.1) is 11.6 Å². The Morgan fingerprint density at radius 1 is 0.745 bits per heavy atom. The second kappa shape index (κ2) is 14.1. The lowest BCUT2D eigenvalue weighted by molar-refractivity contribution is -0.307. The highest BCUT2D eigenvalue weighted by Gasteiger charge is 2.22. The van der Waals surface area contributed by atoms with Gasteiger partial charge in [0.1, 0.15) is 30.5 Å². The van der Waals surface area contributed by atoms with E-state index in [9.17, 15) is 58.3 Å². The van der Waals surface area contributed by atoms with Crippen molar-refractivity contribution in [3.8, 4) is 23.1 Å². The van der Waals surface area contributed by atoms with Crippen molar-refractivity contribution >= 4 is 52.2 Å². The van der Waals surface area contributed by atoms with Crippen LogP contribution in [-0.2, 0) is 19.2 Å². The Kier molecular flexibility index (Phi) is 10.1. The van der Waals surface area contributed by atoms with E-state index in [-0.39, 0.29) is 34.1 Å². The van der Waals surface area contributed by atoms with Crippen LogP contribution < -0.4 is 44.8 Å². The number of aromatic carboxylic acids is 1. The number of ether oxygens (including phenoxy) is 2. The number of carboxylic acids is 5. The van der Waals surface area contributed by atoms with E-state index >= 15 is 0 Å². The lowest BCUT2D eigenvalue weighted by Crippen LogP contribution is -2.44. The van der Waals surface area contributed by atoms with Crippen LogP contribution in [0.15, 0.2) is 45.4 Å². The topological polar surface area (TPSA) is 265 Å². The number of rotatable bonds is 17. The van der Waals surface area contributed by atoms with Gasteiger partial charge in [-0.2, -0.15) is 4.39 Å². The average Bonchev–Trinajstić information content (AvgIpc) is 3.63. The maximum Gasteiger partial charge on any atom is 0.263 e. The van der Waals surface area contributed by atoms with Gasteiger partial charge >= 0.3 is 0 Å². The average molecular weight is 658 g/mol. The summed E-state index contributed by atoms with van der Waals surface area (Å²) in [7, 11) is 0. The van der Waals surface area contributed by atoms with E-state index in [0.29, 0.717) is 11.0 Å². The molecule has 0 spiro atoms. The number of aromatic nitrogens is 1. The van der Waals surface area contributed by atoms with Crippen LogP contribution in [0.1, 0.15) is 10.6 Å². The first kappa shape index (κ1) is 33.5. The summed E-state index contributed by atoms with van der Waals surface area (Å²) in [5.41, 5.74) is -0.671. The Morgan fingerprint density at radius 2 is 1.32 bits per heavy atom. The van der Waals surface area contributed by atoms with Gasteiger partial charge in [0.2, 0.25) is 5.82 Å². The number of carboxylic acid groups (broad SMARTS) is 5. The van der Waals surface area contributed by atoms with Gasteiger partial charge < -0.3 is 77.6 Å². The molecule has 0 radical (unpaired) electrons. The van der Waals surface area contributed by atoms with Crippen molar-refractivity contribution < 1.29 is 76.6 Å². The zero-order chi connectivity index (χ0) is 34.4. The van der Waals surface area contributed by atoms with Crippen molar-refractivity contribution in [2.75, 3.05) is 49.2 Å². The highest BCUT2D eigenvalue weighted by Crippen LogP contribution is 2.38. The number of aliphatic carboxylic acids is 4. The van der Waals surface area contributed by atoms with E-state index in [4.69, 9.17) is 18.3 Å². The first-order valence-corrected chi connectivity index (χ1v) is 13.0. The fourth-order valence-electron chi connectivity index (χ4n) is 4.29. The number of furan rings is 1. The van der Waals surface area contributed by atoms with Gasteiger partial charge in [0, 0.05) is 11.5 Å². The van der Waals surface area contributed by atoms with Gasteiger partial charge in [-0.3, -0.25) is 0 Å². The van der Waals surface area contributed by atoms with Crippen molar-refractivity contribution in [2.24, 2.45) is 0 Å². The fraction of sp³-hybridized carbons (Fsp3) is 0.214. The molecule has 2 aromatic heterocycles. The normalized spacial score (nSPS) is 10.9. The summed E-state index contributed by atoms with van der Waals surface area (Å²) in [6.07, 6.45) is 0.864. The molecule has 0 bridgehead atoms. The maximum atomic E-state index is 14.7. The second-order valence-corrected chi connectivity index (χ2v) is 9.39. The minimum absolute atomic E-state index is 0.000835. The second-order valence-electron chi connectivity index (χ2n) is 9.39. The summed E-state index contributed by atoms with van der Waals surface area (Å²) >= 11 is 0. The number of benzene rings is 2.